The highest BCUT2D eigenvalue weighted by molar-refractivity contribution is 6.28. The number of aromatic nitrogens is 8. The van der Waals surface area contributed by atoms with E-state index < -0.39 is 24.4 Å². The minimum absolute atomic E-state index is 0.00471. The highest BCUT2D eigenvalue weighted by Crippen LogP contribution is 2.38. The van der Waals surface area contributed by atoms with E-state index in [1.807, 2.05) is 18.4 Å². The van der Waals surface area contributed by atoms with E-state index in [1.54, 1.807) is 23.4 Å². The third-order valence-electron chi connectivity index (χ3n) is 9.10. The number of halogens is 1. The molecule has 9 atom stereocenters. The quantitative estimate of drug-likeness (QED) is 0.209. The van der Waals surface area contributed by atoms with Crippen LogP contribution in [0.3, 0.4) is 0 Å². The summed E-state index contributed by atoms with van der Waals surface area (Å²) in [6.07, 6.45) is 3.59. The van der Waals surface area contributed by atoms with Crippen LogP contribution < -0.4 is 10.2 Å². The molecule has 2 aliphatic carbocycles. The monoisotopic (exact) mass is 584 g/mol. The minimum Gasteiger partial charge on any atom is -0.390 e. The molecule has 7 rings (SSSR count). The normalized spacial score (nSPS) is 33.9. The Balaban J connectivity index is 1.11. The average molecular weight is 585 g/mol. The molecule has 0 spiro atoms. The largest absolute Gasteiger partial charge is 0.390 e. The first-order chi connectivity index (χ1) is 19.7. The van der Waals surface area contributed by atoms with Gasteiger partial charge in [0.15, 0.2) is 22.6 Å². The highest BCUT2D eigenvalue weighted by Gasteiger charge is 2.42. The number of imidazole rings is 2. The number of nitrogens with one attached hydrogen (secondary N) is 1. The van der Waals surface area contributed by atoms with E-state index in [2.05, 4.69) is 35.1 Å². The molecule has 2 saturated carbocycles. The van der Waals surface area contributed by atoms with Crippen LogP contribution in [0.15, 0.2) is 18.9 Å². The van der Waals surface area contributed by atoms with Gasteiger partial charge in [0.25, 0.3) is 0 Å². The third-order valence-corrected chi connectivity index (χ3v) is 9.27. The molecule has 0 bridgehead atoms. The highest BCUT2D eigenvalue weighted by atomic mass is 35.5. The zero-order chi connectivity index (χ0) is 28.6. The van der Waals surface area contributed by atoms with Crippen molar-refractivity contribution in [2.24, 2.45) is 11.8 Å². The number of hydrogen-bond acceptors (Lipinski definition) is 12. The summed E-state index contributed by atoms with van der Waals surface area (Å²) in [5.41, 5.74) is 2.30. The molecule has 3 aliphatic rings. The van der Waals surface area contributed by atoms with Crippen molar-refractivity contribution in [1.29, 1.82) is 0 Å². The van der Waals surface area contributed by atoms with Gasteiger partial charge in [0.05, 0.1) is 43.1 Å². The van der Waals surface area contributed by atoms with Crippen LogP contribution >= 0.6 is 11.6 Å². The molecule has 4 aromatic rings. The van der Waals surface area contributed by atoms with Crippen molar-refractivity contribution in [1.82, 2.24) is 39.0 Å². The molecule has 0 amide bonds. The fourth-order valence-corrected chi connectivity index (χ4v) is 6.87. The van der Waals surface area contributed by atoms with Crippen molar-refractivity contribution in [3.05, 3.63) is 24.1 Å². The first-order valence-electron chi connectivity index (χ1n) is 14.0. The van der Waals surface area contributed by atoms with Crippen LogP contribution in [0.4, 0.5) is 11.8 Å². The standard InChI is InChI=1S/C26H33ClN10O4/c1-11-5-15(20(40)18(11)38)36-9-29-14-7-28-26(34-23(14)36)35-4-3-13(8-35)31-22-17-24(33-25(27)32-22)37(10-30-17)16-6-12(2)19(39)21(16)41/h7,9-13,15-16,18-21,38-41H,3-6,8H2,1-2H3,(H,31,32,33)/t11-,12-,13-,15+,16+,18-,19-,20+,21+/m0/s1. The summed E-state index contributed by atoms with van der Waals surface area (Å²) < 4.78 is 3.63. The number of hydrogen-bond donors (Lipinski definition) is 5. The summed E-state index contributed by atoms with van der Waals surface area (Å²) in [6.45, 7) is 5.15. The van der Waals surface area contributed by atoms with Gasteiger partial charge in [-0.1, -0.05) is 13.8 Å². The third kappa shape index (κ3) is 4.39. The van der Waals surface area contributed by atoms with Gasteiger partial charge in [0.2, 0.25) is 11.2 Å². The fraction of sp³-hybridized carbons (Fsp3) is 0.615. The topological polar surface area (TPSA) is 183 Å². The summed E-state index contributed by atoms with van der Waals surface area (Å²) in [7, 11) is 0. The van der Waals surface area contributed by atoms with Crippen LogP contribution in [0, 0.1) is 11.8 Å². The van der Waals surface area contributed by atoms with Crippen LogP contribution in [0.2, 0.25) is 5.28 Å². The Morgan fingerprint density at radius 1 is 0.829 bits per heavy atom. The summed E-state index contributed by atoms with van der Waals surface area (Å²) in [6, 6.07) is -0.657. The second kappa shape index (κ2) is 9.98. The number of nitrogens with zero attached hydrogens (tertiary/aromatic N) is 9. The first-order valence-corrected chi connectivity index (χ1v) is 14.4. The van der Waals surface area contributed by atoms with Gasteiger partial charge < -0.3 is 39.8 Å². The van der Waals surface area contributed by atoms with Gasteiger partial charge in [-0.2, -0.15) is 15.0 Å². The maximum Gasteiger partial charge on any atom is 0.227 e. The van der Waals surface area contributed by atoms with E-state index in [1.165, 1.54) is 0 Å². The van der Waals surface area contributed by atoms with Gasteiger partial charge in [-0.05, 0) is 42.7 Å². The van der Waals surface area contributed by atoms with Crippen molar-refractivity contribution in [2.45, 2.75) is 75.7 Å². The molecule has 1 aliphatic heterocycles. The minimum atomic E-state index is -0.921. The Bertz CT molecular complexity index is 1600. The SMILES string of the molecule is C[C@H]1C[C@@H](n2cnc3cnc(N4CC[C@H](Nc5nc(Cl)nc6c5ncn6[C@@H]5C[C@H](C)[C@H](O)[C@@H]5O)C4)nc32)[C@@H](O)[C@H]1O. The maximum absolute atomic E-state index is 10.6. The summed E-state index contributed by atoms with van der Waals surface area (Å²) in [5.74, 6) is 0.989. The van der Waals surface area contributed by atoms with E-state index in [4.69, 9.17) is 16.6 Å². The lowest BCUT2D eigenvalue weighted by molar-refractivity contribution is 0.00964. The molecule has 41 heavy (non-hydrogen) atoms. The Kier molecular flexibility index (Phi) is 6.50. The molecule has 14 nitrogen and oxygen atoms in total. The second-order valence-electron chi connectivity index (χ2n) is 11.8. The van der Waals surface area contributed by atoms with Crippen molar-refractivity contribution < 1.29 is 20.4 Å². The number of anilines is 2. The lowest BCUT2D eigenvalue weighted by Gasteiger charge is -2.20. The van der Waals surface area contributed by atoms with Crippen LogP contribution in [0.1, 0.15) is 45.2 Å². The predicted molar refractivity (Wildman–Crippen MR) is 150 cm³/mol. The van der Waals surface area contributed by atoms with Gasteiger partial charge in [0, 0.05) is 19.1 Å². The van der Waals surface area contributed by atoms with Crippen LogP contribution in [-0.4, -0.2) is 103 Å². The number of rotatable bonds is 5. The van der Waals surface area contributed by atoms with Crippen molar-refractivity contribution >= 4 is 45.7 Å². The molecule has 3 fully saturated rings. The lowest BCUT2D eigenvalue weighted by Crippen LogP contribution is -2.29. The average Bonchev–Trinajstić information content (AvgIpc) is 3.77. The van der Waals surface area contributed by atoms with Crippen LogP contribution in [-0.2, 0) is 0 Å². The molecule has 4 aromatic heterocycles. The van der Waals surface area contributed by atoms with Gasteiger partial charge in [-0.25, -0.2) is 15.0 Å². The number of aliphatic hydroxyl groups is 4. The lowest BCUT2D eigenvalue weighted by atomic mass is 10.1. The first kappa shape index (κ1) is 26.7. The molecule has 218 valence electrons. The number of aliphatic hydroxyl groups excluding tert-OH is 4. The Hall–Kier alpha value is -3.17. The number of fused-ring (bicyclic) bond motifs is 2. The fourth-order valence-electron chi connectivity index (χ4n) is 6.70. The Morgan fingerprint density at radius 2 is 1.49 bits per heavy atom. The smallest absolute Gasteiger partial charge is 0.227 e. The van der Waals surface area contributed by atoms with Crippen LogP contribution in [0.5, 0.6) is 0 Å². The molecule has 5 heterocycles. The van der Waals surface area contributed by atoms with E-state index in [9.17, 15) is 20.4 Å². The van der Waals surface area contributed by atoms with E-state index >= 15 is 0 Å². The Labute approximate surface area is 240 Å². The second-order valence-corrected chi connectivity index (χ2v) is 12.1. The Morgan fingerprint density at radius 3 is 2.15 bits per heavy atom. The summed E-state index contributed by atoms with van der Waals surface area (Å²) in [5, 5.41) is 45.3. The van der Waals surface area contributed by atoms with E-state index in [0.29, 0.717) is 60.0 Å². The van der Waals surface area contributed by atoms with E-state index in [-0.39, 0.29) is 35.2 Å². The van der Waals surface area contributed by atoms with Gasteiger partial charge in [0.1, 0.15) is 17.7 Å². The molecule has 0 aromatic carbocycles. The molecule has 5 N–H and O–H groups in total. The van der Waals surface area contributed by atoms with Crippen molar-refractivity contribution in [3.63, 3.8) is 0 Å². The van der Waals surface area contributed by atoms with E-state index in [0.717, 1.165) is 6.42 Å². The molecule has 0 radical (unpaired) electrons. The molecular weight excluding hydrogens is 552 g/mol. The molecule has 1 saturated heterocycles. The summed E-state index contributed by atoms with van der Waals surface area (Å²) >= 11 is 6.32. The van der Waals surface area contributed by atoms with Crippen LogP contribution in [0.25, 0.3) is 22.3 Å². The van der Waals surface area contributed by atoms with Gasteiger partial charge in [-0.3, -0.25) is 0 Å². The maximum atomic E-state index is 10.6. The predicted octanol–water partition coefficient (Wildman–Crippen LogP) is 0.916. The van der Waals surface area contributed by atoms with Crippen molar-refractivity contribution in [2.75, 3.05) is 23.3 Å². The zero-order valence-electron chi connectivity index (χ0n) is 22.7. The van der Waals surface area contributed by atoms with Gasteiger partial charge in [-0.15, -0.1) is 0 Å². The molecule has 0 unspecified atom stereocenters. The molecular formula is C26H33ClN10O4. The molecule has 15 heteroatoms. The van der Waals surface area contributed by atoms with Crippen molar-refractivity contribution in [3.8, 4) is 0 Å². The summed E-state index contributed by atoms with van der Waals surface area (Å²) in [4.78, 5) is 29.2. The van der Waals surface area contributed by atoms with Gasteiger partial charge >= 0.3 is 0 Å². The zero-order valence-corrected chi connectivity index (χ0v) is 23.4.